The third-order valence-electron chi connectivity index (χ3n) is 4.17. The van der Waals surface area contributed by atoms with E-state index in [0.717, 1.165) is 31.5 Å². The van der Waals surface area contributed by atoms with E-state index < -0.39 is 0 Å². The lowest BCUT2D eigenvalue weighted by atomic mass is 10.0. The number of hydrogen-bond acceptors (Lipinski definition) is 4. The van der Waals surface area contributed by atoms with Gasteiger partial charge in [-0.15, -0.1) is 5.10 Å². The summed E-state index contributed by atoms with van der Waals surface area (Å²) in [6.07, 6.45) is 4.81. The maximum absolute atomic E-state index is 12.6. The fraction of sp³-hybridized carbons (Fsp3) is 0.438. The molecule has 1 aromatic carbocycles. The number of amides is 1. The van der Waals surface area contributed by atoms with Crippen LogP contribution < -0.4 is 5.73 Å². The minimum Gasteiger partial charge on any atom is -0.333 e. The Bertz CT molecular complexity index is 649. The van der Waals surface area contributed by atoms with Crippen molar-refractivity contribution in [2.75, 3.05) is 13.1 Å². The van der Waals surface area contributed by atoms with Gasteiger partial charge in [-0.25, -0.2) is 4.68 Å². The van der Waals surface area contributed by atoms with E-state index in [9.17, 15) is 4.79 Å². The summed E-state index contributed by atoms with van der Waals surface area (Å²) in [5.41, 5.74) is 8.24. The van der Waals surface area contributed by atoms with Crippen molar-refractivity contribution in [3.05, 3.63) is 41.7 Å². The number of aryl methyl sites for hydroxylation is 1. The van der Waals surface area contributed by atoms with Gasteiger partial charge in [-0.3, -0.25) is 4.79 Å². The average Bonchev–Trinajstić information content (AvgIpc) is 3.05. The largest absolute Gasteiger partial charge is 0.333 e. The number of carbonyl (C=O) groups excluding carboxylic acids is 1. The van der Waals surface area contributed by atoms with E-state index in [0.29, 0.717) is 12.2 Å². The molecular formula is C16H21N5O. The molecule has 0 spiro atoms. The van der Waals surface area contributed by atoms with Crippen molar-refractivity contribution in [2.24, 2.45) is 5.73 Å². The van der Waals surface area contributed by atoms with Crippen LogP contribution in [0.4, 0.5) is 0 Å². The molecule has 22 heavy (non-hydrogen) atoms. The molecule has 116 valence electrons. The van der Waals surface area contributed by atoms with Crippen LogP contribution in [0.5, 0.6) is 0 Å². The number of nitrogens with zero attached hydrogens (tertiary/aromatic N) is 4. The van der Waals surface area contributed by atoms with Gasteiger partial charge in [0.25, 0.3) is 5.91 Å². The Morgan fingerprint density at radius 3 is 2.82 bits per heavy atom. The van der Waals surface area contributed by atoms with Crippen LogP contribution in [-0.2, 0) is 0 Å². The van der Waals surface area contributed by atoms with Crippen molar-refractivity contribution in [3.63, 3.8) is 0 Å². The van der Waals surface area contributed by atoms with Gasteiger partial charge in [-0.05, 0) is 38.3 Å². The van der Waals surface area contributed by atoms with Crippen molar-refractivity contribution in [1.29, 1.82) is 0 Å². The van der Waals surface area contributed by atoms with Gasteiger partial charge in [0, 0.05) is 19.1 Å². The molecule has 1 aliphatic heterocycles. The van der Waals surface area contributed by atoms with Crippen molar-refractivity contribution in [1.82, 2.24) is 19.9 Å². The van der Waals surface area contributed by atoms with Crippen molar-refractivity contribution >= 4 is 5.91 Å². The zero-order valence-electron chi connectivity index (χ0n) is 12.8. The fourth-order valence-electron chi connectivity index (χ4n) is 2.85. The molecule has 0 radical (unpaired) electrons. The number of carbonyl (C=O) groups is 1. The standard InChI is InChI=1S/C16H21N5O/c1-12-5-7-13(8-6-12)21-11-15(18-19-21)16(22)20-9-3-2-4-14(20)10-17/h5-8,11,14H,2-4,9-10,17H2,1H3. The highest BCUT2D eigenvalue weighted by Gasteiger charge is 2.28. The minimum atomic E-state index is -0.0755. The van der Waals surface area contributed by atoms with E-state index in [2.05, 4.69) is 10.3 Å². The van der Waals surface area contributed by atoms with E-state index in [1.807, 2.05) is 36.1 Å². The summed E-state index contributed by atoms with van der Waals surface area (Å²) < 4.78 is 1.63. The molecule has 6 nitrogen and oxygen atoms in total. The number of nitrogens with two attached hydrogens (primary N) is 1. The Labute approximate surface area is 129 Å². The summed E-state index contributed by atoms with van der Waals surface area (Å²) >= 11 is 0. The molecule has 0 saturated carbocycles. The highest BCUT2D eigenvalue weighted by molar-refractivity contribution is 5.92. The number of hydrogen-bond donors (Lipinski definition) is 1. The van der Waals surface area contributed by atoms with Gasteiger partial charge in [0.05, 0.1) is 11.9 Å². The lowest BCUT2D eigenvalue weighted by Crippen LogP contribution is -2.47. The molecule has 0 bridgehead atoms. The van der Waals surface area contributed by atoms with Gasteiger partial charge in [0.2, 0.25) is 0 Å². The van der Waals surface area contributed by atoms with Crippen molar-refractivity contribution < 1.29 is 4.79 Å². The summed E-state index contributed by atoms with van der Waals surface area (Å²) in [6, 6.07) is 8.05. The molecule has 0 aliphatic carbocycles. The van der Waals surface area contributed by atoms with E-state index in [-0.39, 0.29) is 11.9 Å². The first kappa shape index (κ1) is 14.7. The van der Waals surface area contributed by atoms with Gasteiger partial charge in [0.1, 0.15) is 0 Å². The third-order valence-corrected chi connectivity index (χ3v) is 4.17. The second-order valence-corrected chi connectivity index (χ2v) is 5.77. The molecule has 6 heteroatoms. The number of aromatic nitrogens is 3. The molecule has 1 saturated heterocycles. The van der Waals surface area contributed by atoms with Crippen LogP contribution in [-0.4, -0.2) is 44.9 Å². The molecule has 1 unspecified atom stereocenters. The van der Waals surface area contributed by atoms with E-state index >= 15 is 0 Å². The molecule has 1 amide bonds. The van der Waals surface area contributed by atoms with Gasteiger partial charge in [-0.1, -0.05) is 22.9 Å². The van der Waals surface area contributed by atoms with Crippen LogP contribution >= 0.6 is 0 Å². The van der Waals surface area contributed by atoms with Crippen LogP contribution in [0.3, 0.4) is 0 Å². The quantitative estimate of drug-likeness (QED) is 0.932. The Balaban J connectivity index is 1.80. The zero-order valence-corrected chi connectivity index (χ0v) is 12.8. The van der Waals surface area contributed by atoms with Crippen LogP contribution in [0.15, 0.2) is 30.5 Å². The first-order chi connectivity index (χ1) is 10.7. The predicted octanol–water partition coefficient (Wildman–Crippen LogP) is 1.53. The minimum absolute atomic E-state index is 0.0755. The molecule has 2 heterocycles. The SMILES string of the molecule is Cc1ccc(-n2cc(C(=O)N3CCCCC3CN)nn2)cc1. The summed E-state index contributed by atoms with van der Waals surface area (Å²) in [5, 5.41) is 8.11. The van der Waals surface area contributed by atoms with Crippen LogP contribution in [0, 0.1) is 6.92 Å². The Hall–Kier alpha value is -2.21. The molecular weight excluding hydrogens is 278 g/mol. The van der Waals surface area contributed by atoms with Crippen molar-refractivity contribution in [2.45, 2.75) is 32.2 Å². The second kappa shape index (κ2) is 6.27. The molecule has 1 aliphatic rings. The number of piperidine rings is 1. The highest BCUT2D eigenvalue weighted by atomic mass is 16.2. The summed E-state index contributed by atoms with van der Waals surface area (Å²) in [6.45, 7) is 3.28. The maximum Gasteiger partial charge on any atom is 0.276 e. The maximum atomic E-state index is 12.6. The van der Waals surface area contributed by atoms with E-state index in [4.69, 9.17) is 5.73 Å². The Morgan fingerprint density at radius 2 is 2.09 bits per heavy atom. The third kappa shape index (κ3) is 2.87. The lowest BCUT2D eigenvalue weighted by Gasteiger charge is -2.34. The molecule has 2 N–H and O–H groups in total. The number of benzene rings is 1. The first-order valence-electron chi connectivity index (χ1n) is 7.69. The number of likely N-dealkylation sites (tertiary alicyclic amines) is 1. The summed E-state index contributed by atoms with van der Waals surface area (Å²) in [7, 11) is 0. The Morgan fingerprint density at radius 1 is 1.32 bits per heavy atom. The highest BCUT2D eigenvalue weighted by Crippen LogP contribution is 2.18. The number of rotatable bonds is 3. The van der Waals surface area contributed by atoms with Crippen LogP contribution in [0.1, 0.15) is 35.3 Å². The molecule has 1 atom stereocenters. The van der Waals surface area contributed by atoms with Crippen LogP contribution in [0.2, 0.25) is 0 Å². The van der Waals surface area contributed by atoms with Gasteiger partial charge < -0.3 is 10.6 Å². The summed E-state index contributed by atoms with van der Waals surface area (Å²) in [5.74, 6) is -0.0755. The molecule has 1 fully saturated rings. The average molecular weight is 299 g/mol. The molecule has 1 aromatic heterocycles. The topological polar surface area (TPSA) is 77.0 Å². The van der Waals surface area contributed by atoms with E-state index in [1.54, 1.807) is 10.9 Å². The van der Waals surface area contributed by atoms with Gasteiger partial charge in [-0.2, -0.15) is 0 Å². The molecule has 2 aromatic rings. The summed E-state index contributed by atoms with van der Waals surface area (Å²) in [4.78, 5) is 14.5. The second-order valence-electron chi connectivity index (χ2n) is 5.77. The first-order valence-corrected chi connectivity index (χ1v) is 7.69. The smallest absolute Gasteiger partial charge is 0.276 e. The fourth-order valence-corrected chi connectivity index (χ4v) is 2.85. The zero-order chi connectivity index (χ0) is 15.5. The normalized spacial score (nSPS) is 18.5. The van der Waals surface area contributed by atoms with E-state index in [1.165, 1.54) is 5.56 Å². The van der Waals surface area contributed by atoms with Gasteiger partial charge >= 0.3 is 0 Å². The molecule has 3 rings (SSSR count). The lowest BCUT2D eigenvalue weighted by molar-refractivity contribution is 0.0617. The van der Waals surface area contributed by atoms with Crippen molar-refractivity contribution in [3.8, 4) is 5.69 Å². The van der Waals surface area contributed by atoms with Crippen LogP contribution in [0.25, 0.3) is 5.69 Å². The monoisotopic (exact) mass is 299 g/mol. The predicted molar refractivity (Wildman–Crippen MR) is 83.8 cm³/mol. The van der Waals surface area contributed by atoms with Gasteiger partial charge in [0.15, 0.2) is 5.69 Å². The Kier molecular flexibility index (Phi) is 4.20.